The molecule has 0 aromatic heterocycles. The van der Waals surface area contributed by atoms with Gasteiger partial charge in [0.25, 0.3) is 0 Å². The second-order valence-electron chi connectivity index (χ2n) is 3.43. The van der Waals surface area contributed by atoms with Crippen molar-refractivity contribution >= 4 is 11.6 Å². The molecule has 0 saturated carbocycles. The highest BCUT2D eigenvalue weighted by Gasteiger charge is 2.34. The van der Waals surface area contributed by atoms with Crippen LogP contribution < -0.4 is 0 Å². The monoisotopic (exact) mass is 172 g/mol. The molecule has 0 radical (unpaired) electrons. The summed E-state index contributed by atoms with van der Waals surface area (Å²) in [5.41, 5.74) is 0.0887. The maximum Gasteiger partial charge on any atom is 0.0864 e. The fraction of sp³-hybridized carbons (Fsp3) is 0.778. The van der Waals surface area contributed by atoms with Crippen LogP contribution in [0.15, 0.2) is 12.2 Å². The first kappa shape index (κ1) is 7.63. The van der Waals surface area contributed by atoms with Gasteiger partial charge in [-0.05, 0) is 25.7 Å². The van der Waals surface area contributed by atoms with E-state index in [1.807, 2.05) is 0 Å². The van der Waals surface area contributed by atoms with Gasteiger partial charge in [0.05, 0.1) is 11.0 Å². The van der Waals surface area contributed by atoms with Gasteiger partial charge < -0.3 is 4.74 Å². The Balaban J connectivity index is 2.09. The van der Waals surface area contributed by atoms with Gasteiger partial charge in [-0.1, -0.05) is 12.2 Å². The Morgan fingerprint density at radius 1 is 1.45 bits per heavy atom. The molecule has 0 bridgehead atoms. The first-order chi connectivity index (χ1) is 5.31. The van der Waals surface area contributed by atoms with Crippen molar-refractivity contribution in [1.29, 1.82) is 0 Å². The summed E-state index contributed by atoms with van der Waals surface area (Å²) in [4.78, 5) is 0. The second-order valence-corrected chi connectivity index (χ2v) is 3.99. The zero-order valence-corrected chi connectivity index (χ0v) is 7.31. The summed E-state index contributed by atoms with van der Waals surface area (Å²) in [7, 11) is 0. The van der Waals surface area contributed by atoms with Gasteiger partial charge in [0.2, 0.25) is 0 Å². The molecule has 0 N–H and O–H groups in total. The molecule has 1 aliphatic carbocycles. The van der Waals surface area contributed by atoms with Crippen LogP contribution in [0.5, 0.6) is 0 Å². The predicted octanol–water partition coefficient (Wildman–Crippen LogP) is 2.49. The van der Waals surface area contributed by atoms with Gasteiger partial charge >= 0.3 is 0 Å². The van der Waals surface area contributed by atoms with E-state index < -0.39 is 0 Å². The van der Waals surface area contributed by atoms with Gasteiger partial charge in [0, 0.05) is 6.61 Å². The zero-order chi connectivity index (χ0) is 7.73. The van der Waals surface area contributed by atoms with Gasteiger partial charge in [0.15, 0.2) is 0 Å². The third kappa shape index (κ3) is 1.45. The fourth-order valence-electron chi connectivity index (χ4n) is 1.89. The number of alkyl halides is 1. The lowest BCUT2D eigenvalue weighted by Crippen LogP contribution is -2.28. The quantitative estimate of drug-likeness (QED) is 0.403. The van der Waals surface area contributed by atoms with E-state index in [1.54, 1.807) is 0 Å². The lowest BCUT2D eigenvalue weighted by molar-refractivity contribution is 0.0336. The van der Waals surface area contributed by atoms with E-state index in [0.717, 1.165) is 19.4 Å². The largest absolute Gasteiger partial charge is 0.371 e. The van der Waals surface area contributed by atoms with E-state index in [0.29, 0.717) is 0 Å². The molecular weight excluding hydrogens is 160 g/mol. The van der Waals surface area contributed by atoms with Crippen LogP contribution in [0.4, 0.5) is 0 Å². The minimum atomic E-state index is 0.0887. The molecule has 62 valence electrons. The Labute approximate surface area is 72.4 Å². The van der Waals surface area contributed by atoms with Crippen molar-refractivity contribution in [3.63, 3.8) is 0 Å². The maximum absolute atomic E-state index is 5.94. The van der Waals surface area contributed by atoms with E-state index in [1.165, 1.54) is 12.8 Å². The number of ether oxygens (including phenoxy) is 1. The van der Waals surface area contributed by atoms with E-state index in [2.05, 4.69) is 12.2 Å². The smallest absolute Gasteiger partial charge is 0.0864 e. The molecule has 2 aliphatic rings. The van der Waals surface area contributed by atoms with Crippen LogP contribution in [0.2, 0.25) is 0 Å². The summed E-state index contributed by atoms with van der Waals surface area (Å²) in [5.74, 6) is 0. The molecule has 1 saturated heterocycles. The first-order valence-corrected chi connectivity index (χ1v) is 4.72. The molecule has 0 unspecified atom stereocenters. The second kappa shape index (κ2) is 2.80. The molecule has 2 rings (SSSR count). The Bertz CT molecular complexity index is 170. The number of hydrogen-bond donors (Lipinski definition) is 0. The lowest BCUT2D eigenvalue weighted by Gasteiger charge is -2.29. The molecule has 1 fully saturated rings. The van der Waals surface area contributed by atoms with Crippen LogP contribution in [-0.4, -0.2) is 17.6 Å². The predicted molar refractivity (Wildman–Crippen MR) is 45.9 cm³/mol. The Kier molecular flexibility index (Phi) is 1.94. The molecule has 2 atom stereocenters. The standard InChI is InChI=1S/C9H13ClO/c10-8-2-5-9(6-3-8)4-1-7-11-9/h2,5,8H,1,3-4,6-7H2/t8-,9-/m1/s1. The van der Waals surface area contributed by atoms with Crippen molar-refractivity contribution in [3.05, 3.63) is 12.2 Å². The van der Waals surface area contributed by atoms with Crippen molar-refractivity contribution < 1.29 is 4.74 Å². The van der Waals surface area contributed by atoms with Gasteiger partial charge in [-0.3, -0.25) is 0 Å². The van der Waals surface area contributed by atoms with E-state index in [-0.39, 0.29) is 11.0 Å². The van der Waals surface area contributed by atoms with Gasteiger partial charge in [0.1, 0.15) is 0 Å². The minimum absolute atomic E-state index is 0.0887. The molecular formula is C9H13ClO. The number of hydrogen-bond acceptors (Lipinski definition) is 1. The van der Waals surface area contributed by atoms with Gasteiger partial charge in [-0.25, -0.2) is 0 Å². The van der Waals surface area contributed by atoms with Crippen LogP contribution >= 0.6 is 11.6 Å². The maximum atomic E-state index is 5.94. The summed E-state index contributed by atoms with van der Waals surface area (Å²) >= 11 is 5.94. The molecule has 1 heterocycles. The molecule has 11 heavy (non-hydrogen) atoms. The Morgan fingerprint density at radius 2 is 2.36 bits per heavy atom. The van der Waals surface area contributed by atoms with Crippen molar-refractivity contribution in [2.24, 2.45) is 0 Å². The van der Waals surface area contributed by atoms with Crippen LogP contribution in [0, 0.1) is 0 Å². The summed E-state index contributed by atoms with van der Waals surface area (Å²) in [6.45, 7) is 0.928. The number of rotatable bonds is 0. The molecule has 0 aromatic carbocycles. The molecule has 1 aliphatic heterocycles. The van der Waals surface area contributed by atoms with Crippen LogP contribution in [-0.2, 0) is 4.74 Å². The average Bonchev–Trinajstić information content (AvgIpc) is 2.45. The normalized spacial score (nSPS) is 43.5. The van der Waals surface area contributed by atoms with Crippen molar-refractivity contribution in [3.8, 4) is 0 Å². The highest BCUT2D eigenvalue weighted by molar-refractivity contribution is 6.21. The number of halogens is 1. The molecule has 1 nitrogen and oxygen atoms in total. The third-order valence-corrected chi connectivity index (χ3v) is 2.95. The molecule has 0 amide bonds. The van der Waals surface area contributed by atoms with Crippen LogP contribution in [0.1, 0.15) is 25.7 Å². The van der Waals surface area contributed by atoms with Crippen molar-refractivity contribution in [2.45, 2.75) is 36.7 Å². The van der Waals surface area contributed by atoms with Crippen LogP contribution in [0.25, 0.3) is 0 Å². The minimum Gasteiger partial charge on any atom is -0.371 e. The molecule has 2 heteroatoms. The zero-order valence-electron chi connectivity index (χ0n) is 6.55. The molecule has 1 spiro atoms. The first-order valence-electron chi connectivity index (χ1n) is 4.28. The van der Waals surface area contributed by atoms with E-state index >= 15 is 0 Å². The number of allylic oxidation sites excluding steroid dienone is 1. The SMILES string of the molecule is Cl[C@@H]1C=C[C@]2(CCCO2)CC1. The van der Waals surface area contributed by atoms with Gasteiger partial charge in [-0.15, -0.1) is 11.6 Å². The molecule has 0 aromatic rings. The van der Waals surface area contributed by atoms with Crippen molar-refractivity contribution in [1.82, 2.24) is 0 Å². The summed E-state index contributed by atoms with van der Waals surface area (Å²) in [6, 6.07) is 0. The Hall–Kier alpha value is -0.0100. The summed E-state index contributed by atoms with van der Waals surface area (Å²) in [6.07, 6.45) is 8.82. The van der Waals surface area contributed by atoms with Crippen molar-refractivity contribution in [2.75, 3.05) is 6.61 Å². The van der Waals surface area contributed by atoms with Crippen LogP contribution in [0.3, 0.4) is 0 Å². The van der Waals surface area contributed by atoms with E-state index in [4.69, 9.17) is 16.3 Å². The summed E-state index contributed by atoms with van der Waals surface area (Å²) in [5, 5.41) is 0.241. The third-order valence-electron chi connectivity index (χ3n) is 2.59. The fourth-order valence-corrected chi connectivity index (χ4v) is 2.07. The van der Waals surface area contributed by atoms with Gasteiger partial charge in [-0.2, -0.15) is 0 Å². The lowest BCUT2D eigenvalue weighted by atomic mass is 9.88. The highest BCUT2D eigenvalue weighted by Crippen LogP contribution is 2.36. The highest BCUT2D eigenvalue weighted by atomic mass is 35.5. The summed E-state index contributed by atoms with van der Waals surface area (Å²) < 4.78 is 5.68. The average molecular weight is 173 g/mol. The van der Waals surface area contributed by atoms with E-state index in [9.17, 15) is 0 Å². The topological polar surface area (TPSA) is 9.23 Å². The Morgan fingerprint density at radius 3 is 2.91 bits per heavy atom.